The van der Waals surface area contributed by atoms with Crippen LogP contribution in [0.25, 0.3) is 0 Å². The molecule has 22 heavy (non-hydrogen) atoms. The third-order valence-electron chi connectivity index (χ3n) is 5.03. The van der Waals surface area contributed by atoms with E-state index in [1.165, 1.54) is 0 Å². The lowest BCUT2D eigenvalue weighted by atomic mass is 9.76. The van der Waals surface area contributed by atoms with Crippen molar-refractivity contribution in [3.8, 4) is 5.75 Å². The van der Waals surface area contributed by atoms with Gasteiger partial charge in [0.05, 0.1) is 23.8 Å². The van der Waals surface area contributed by atoms with Gasteiger partial charge in [-0.1, -0.05) is 15.9 Å². The van der Waals surface area contributed by atoms with Crippen LogP contribution in [0.3, 0.4) is 0 Å². The molecule has 0 bridgehead atoms. The predicted octanol–water partition coefficient (Wildman–Crippen LogP) is 2.15. The minimum absolute atomic E-state index is 0.0723. The largest absolute Gasteiger partial charge is 0.491 e. The number of aliphatic hydroxyl groups is 1. The first-order chi connectivity index (χ1) is 10.5. The number of ether oxygens (including phenoxy) is 1. The molecule has 1 amide bonds. The SMILES string of the molecule is C[C@]1(O)C[C@@H](N2C(=O)C3(CC3)c3cc(OCCBr)cnc32)C1. The standard InChI is InChI=1S/C16H19BrN2O3/c1-15(21)7-10(8-15)19-13-12(16(2-3-16)14(19)20)6-11(9-18-13)22-5-4-17/h6,9-10,21H,2-5,7-8H2,1H3/t10-,15+. The number of anilines is 1. The summed E-state index contributed by atoms with van der Waals surface area (Å²) in [6.45, 7) is 2.40. The number of hydrogen-bond acceptors (Lipinski definition) is 4. The van der Waals surface area contributed by atoms with Gasteiger partial charge < -0.3 is 9.84 Å². The molecule has 2 fully saturated rings. The second kappa shape index (κ2) is 4.68. The summed E-state index contributed by atoms with van der Waals surface area (Å²) < 4.78 is 5.63. The van der Waals surface area contributed by atoms with Crippen molar-refractivity contribution in [2.24, 2.45) is 0 Å². The van der Waals surface area contributed by atoms with Crippen molar-refractivity contribution in [2.75, 3.05) is 16.8 Å². The zero-order valence-electron chi connectivity index (χ0n) is 12.5. The molecular weight excluding hydrogens is 348 g/mol. The van der Waals surface area contributed by atoms with Crippen molar-refractivity contribution in [1.29, 1.82) is 0 Å². The van der Waals surface area contributed by atoms with Crippen molar-refractivity contribution in [3.05, 3.63) is 17.8 Å². The summed E-state index contributed by atoms with van der Waals surface area (Å²) in [5, 5.41) is 10.7. The molecule has 2 heterocycles. The Hall–Kier alpha value is -1.14. The number of aromatic nitrogens is 1. The first-order valence-electron chi connectivity index (χ1n) is 7.72. The number of pyridine rings is 1. The van der Waals surface area contributed by atoms with Gasteiger partial charge >= 0.3 is 0 Å². The quantitative estimate of drug-likeness (QED) is 0.829. The highest BCUT2D eigenvalue weighted by Crippen LogP contribution is 2.59. The van der Waals surface area contributed by atoms with Crippen molar-refractivity contribution >= 4 is 27.7 Å². The lowest BCUT2D eigenvalue weighted by Crippen LogP contribution is -2.55. The number of carbonyl (C=O) groups excluding carboxylic acids is 1. The predicted molar refractivity (Wildman–Crippen MR) is 85.6 cm³/mol. The maximum Gasteiger partial charge on any atom is 0.239 e. The van der Waals surface area contributed by atoms with E-state index in [1.807, 2.05) is 17.9 Å². The molecule has 1 aliphatic heterocycles. The maximum absolute atomic E-state index is 12.9. The summed E-state index contributed by atoms with van der Waals surface area (Å²) in [5.74, 6) is 1.65. The van der Waals surface area contributed by atoms with E-state index in [2.05, 4.69) is 20.9 Å². The second-order valence-corrected chi connectivity index (χ2v) is 7.69. The summed E-state index contributed by atoms with van der Waals surface area (Å²) in [7, 11) is 0. The van der Waals surface area contributed by atoms with Crippen molar-refractivity contribution < 1.29 is 14.6 Å². The van der Waals surface area contributed by atoms with Crippen molar-refractivity contribution in [3.63, 3.8) is 0 Å². The molecule has 2 aliphatic carbocycles. The topological polar surface area (TPSA) is 62.7 Å². The van der Waals surface area contributed by atoms with Gasteiger partial charge in [0.2, 0.25) is 5.91 Å². The molecule has 1 aromatic rings. The normalized spacial score (nSPS) is 31.1. The summed E-state index contributed by atoms with van der Waals surface area (Å²) in [4.78, 5) is 19.2. The lowest BCUT2D eigenvalue weighted by molar-refractivity contribution is -0.122. The average molecular weight is 367 g/mol. The van der Waals surface area contributed by atoms with Crippen LogP contribution in [0.15, 0.2) is 12.3 Å². The number of fused-ring (bicyclic) bond motifs is 2. The molecule has 1 aromatic heterocycles. The highest BCUT2D eigenvalue weighted by molar-refractivity contribution is 9.09. The number of hydrogen-bond donors (Lipinski definition) is 1. The first kappa shape index (κ1) is 14.5. The number of alkyl halides is 1. The van der Waals surface area contributed by atoms with E-state index in [0.29, 0.717) is 19.4 Å². The van der Waals surface area contributed by atoms with Crippen LogP contribution in [0.2, 0.25) is 0 Å². The molecule has 0 saturated heterocycles. The molecule has 0 unspecified atom stereocenters. The lowest BCUT2D eigenvalue weighted by Gasteiger charge is -2.45. The van der Waals surface area contributed by atoms with Crippen LogP contribution >= 0.6 is 15.9 Å². The van der Waals surface area contributed by atoms with Crippen LogP contribution in [0, 0.1) is 0 Å². The number of rotatable bonds is 4. The number of amides is 1. The number of carbonyl (C=O) groups is 1. The fourth-order valence-electron chi connectivity index (χ4n) is 3.74. The van der Waals surface area contributed by atoms with Gasteiger partial charge in [0.25, 0.3) is 0 Å². The average Bonchev–Trinajstić information content (AvgIpc) is 3.21. The molecule has 5 nitrogen and oxygen atoms in total. The van der Waals surface area contributed by atoms with Gasteiger partial charge in [-0.05, 0) is 38.7 Å². The monoisotopic (exact) mass is 366 g/mol. The van der Waals surface area contributed by atoms with Crippen LogP contribution < -0.4 is 9.64 Å². The van der Waals surface area contributed by atoms with Crippen LogP contribution in [0.4, 0.5) is 5.82 Å². The summed E-state index contributed by atoms with van der Waals surface area (Å²) in [6.07, 6.45) is 4.72. The van der Waals surface area contributed by atoms with Crippen molar-refractivity contribution in [2.45, 2.75) is 49.7 Å². The van der Waals surface area contributed by atoms with Crippen LogP contribution in [0.1, 0.15) is 38.2 Å². The van der Waals surface area contributed by atoms with E-state index in [1.54, 1.807) is 6.20 Å². The minimum atomic E-state index is -0.649. The zero-order valence-corrected chi connectivity index (χ0v) is 14.1. The molecule has 3 aliphatic rings. The minimum Gasteiger partial charge on any atom is -0.491 e. The Morgan fingerprint density at radius 1 is 1.50 bits per heavy atom. The van der Waals surface area contributed by atoms with Gasteiger partial charge in [-0.3, -0.25) is 9.69 Å². The highest BCUT2D eigenvalue weighted by Gasteiger charge is 2.62. The van der Waals surface area contributed by atoms with E-state index < -0.39 is 5.60 Å². The Kier molecular flexibility index (Phi) is 3.07. The molecule has 0 atom stereocenters. The Morgan fingerprint density at radius 2 is 2.23 bits per heavy atom. The van der Waals surface area contributed by atoms with E-state index in [9.17, 15) is 9.90 Å². The molecular formula is C16H19BrN2O3. The van der Waals surface area contributed by atoms with Crippen LogP contribution in [0.5, 0.6) is 5.75 Å². The molecule has 6 heteroatoms. The molecule has 0 aromatic carbocycles. The zero-order chi connectivity index (χ0) is 15.5. The Bertz CT molecular complexity index is 634. The summed E-state index contributed by atoms with van der Waals surface area (Å²) >= 11 is 3.34. The van der Waals surface area contributed by atoms with Gasteiger partial charge in [-0.25, -0.2) is 4.98 Å². The fourth-order valence-corrected chi connectivity index (χ4v) is 3.91. The fraction of sp³-hybridized carbons (Fsp3) is 0.625. The number of halogens is 1. The molecule has 1 spiro atoms. The highest BCUT2D eigenvalue weighted by atomic mass is 79.9. The smallest absolute Gasteiger partial charge is 0.239 e. The van der Waals surface area contributed by atoms with Crippen molar-refractivity contribution in [1.82, 2.24) is 4.98 Å². The second-order valence-electron chi connectivity index (χ2n) is 6.90. The van der Waals surface area contributed by atoms with E-state index in [0.717, 1.165) is 35.3 Å². The summed E-state index contributed by atoms with van der Waals surface area (Å²) in [5.41, 5.74) is -0.00271. The maximum atomic E-state index is 12.9. The van der Waals surface area contributed by atoms with Gasteiger partial charge in [-0.2, -0.15) is 0 Å². The van der Waals surface area contributed by atoms with Gasteiger partial charge in [-0.15, -0.1) is 0 Å². The van der Waals surface area contributed by atoms with Gasteiger partial charge in [0, 0.05) is 16.9 Å². The Morgan fingerprint density at radius 3 is 2.82 bits per heavy atom. The van der Waals surface area contributed by atoms with Gasteiger partial charge in [0.1, 0.15) is 11.6 Å². The first-order valence-corrected chi connectivity index (χ1v) is 8.84. The molecule has 0 radical (unpaired) electrons. The Balaban J connectivity index is 1.67. The molecule has 118 valence electrons. The van der Waals surface area contributed by atoms with E-state index >= 15 is 0 Å². The Labute approximate surface area is 137 Å². The van der Waals surface area contributed by atoms with Gasteiger partial charge in [0.15, 0.2) is 0 Å². The summed E-state index contributed by atoms with van der Waals surface area (Å²) in [6, 6.07) is 2.05. The third kappa shape index (κ3) is 2.00. The number of nitrogens with zero attached hydrogens (tertiary/aromatic N) is 2. The van der Waals surface area contributed by atoms with E-state index in [4.69, 9.17) is 4.74 Å². The van der Waals surface area contributed by atoms with E-state index in [-0.39, 0.29) is 17.4 Å². The molecule has 1 N–H and O–H groups in total. The van der Waals surface area contributed by atoms with Crippen LogP contribution in [-0.4, -0.2) is 39.6 Å². The third-order valence-corrected chi connectivity index (χ3v) is 5.35. The van der Waals surface area contributed by atoms with Crippen LogP contribution in [-0.2, 0) is 10.2 Å². The molecule has 2 saturated carbocycles. The molecule has 4 rings (SSSR count).